The van der Waals surface area contributed by atoms with Gasteiger partial charge in [-0.05, 0) is 0 Å². The number of nitrogens with two attached hydrogens (primary N) is 1. The molecule has 3 N–H and O–H groups in total. The lowest BCUT2D eigenvalue weighted by molar-refractivity contribution is 0.122. The molecular formula is C8H12N4O2S. The number of hydrogen-bond acceptors (Lipinski definition) is 6. The van der Waals surface area contributed by atoms with Gasteiger partial charge in [0.1, 0.15) is 10.7 Å². The Morgan fingerprint density at radius 3 is 2.73 bits per heavy atom. The molecule has 1 fully saturated rings. The van der Waals surface area contributed by atoms with Gasteiger partial charge in [-0.3, -0.25) is 9.78 Å². The summed E-state index contributed by atoms with van der Waals surface area (Å²) in [6, 6.07) is 0. The van der Waals surface area contributed by atoms with Crippen LogP contribution in [0.2, 0.25) is 0 Å². The topological polar surface area (TPSA) is 84.2 Å². The van der Waals surface area contributed by atoms with E-state index in [1.54, 1.807) is 0 Å². The number of anilines is 2. The summed E-state index contributed by atoms with van der Waals surface area (Å²) in [5.74, 6) is 0.641. The van der Waals surface area contributed by atoms with Gasteiger partial charge in [-0.25, -0.2) is 0 Å². The van der Waals surface area contributed by atoms with Crippen molar-refractivity contribution < 1.29 is 4.74 Å². The molecule has 1 saturated heterocycles. The van der Waals surface area contributed by atoms with E-state index >= 15 is 0 Å². The summed E-state index contributed by atoms with van der Waals surface area (Å²) in [6.45, 7) is 2.67. The highest BCUT2D eigenvalue weighted by atomic mass is 32.1. The van der Waals surface area contributed by atoms with Crippen molar-refractivity contribution in [1.29, 1.82) is 0 Å². The van der Waals surface area contributed by atoms with Crippen molar-refractivity contribution in [3.05, 3.63) is 10.4 Å². The van der Waals surface area contributed by atoms with Crippen LogP contribution in [0.1, 0.15) is 0 Å². The number of thiol groups is 1. The third-order valence-electron chi connectivity index (χ3n) is 2.22. The number of nitrogens with one attached hydrogen (secondary N) is 1. The molecule has 0 amide bonds. The van der Waals surface area contributed by atoms with Crippen LogP contribution in [0.5, 0.6) is 0 Å². The average molecular weight is 228 g/mol. The second-order valence-corrected chi connectivity index (χ2v) is 3.67. The molecule has 0 unspecified atom stereocenters. The molecule has 0 atom stereocenters. The summed E-state index contributed by atoms with van der Waals surface area (Å²) < 4.78 is 5.20. The molecule has 0 aliphatic carbocycles. The van der Waals surface area contributed by atoms with E-state index in [2.05, 4.69) is 22.6 Å². The normalized spacial score (nSPS) is 16.7. The van der Waals surface area contributed by atoms with Gasteiger partial charge in [0, 0.05) is 13.1 Å². The predicted molar refractivity (Wildman–Crippen MR) is 59.6 cm³/mol. The Morgan fingerprint density at radius 2 is 2.13 bits per heavy atom. The number of aromatic amines is 1. The molecular weight excluding hydrogens is 216 g/mol. The van der Waals surface area contributed by atoms with Crippen LogP contribution in [0.4, 0.5) is 11.8 Å². The molecule has 0 bridgehead atoms. The Bertz CT molecular complexity index is 414. The highest BCUT2D eigenvalue weighted by molar-refractivity contribution is 7.80. The van der Waals surface area contributed by atoms with Crippen molar-refractivity contribution in [3.8, 4) is 0 Å². The van der Waals surface area contributed by atoms with Gasteiger partial charge in [0.15, 0.2) is 0 Å². The minimum absolute atomic E-state index is 0.156. The van der Waals surface area contributed by atoms with E-state index < -0.39 is 0 Å². The van der Waals surface area contributed by atoms with Gasteiger partial charge in [0.25, 0.3) is 5.56 Å². The lowest BCUT2D eigenvalue weighted by Crippen LogP contribution is -2.38. The smallest absolute Gasteiger partial charge is 0.267 e. The molecule has 0 aromatic carbocycles. The van der Waals surface area contributed by atoms with Gasteiger partial charge in [-0.15, -0.1) is 12.6 Å². The monoisotopic (exact) mass is 228 g/mol. The highest BCUT2D eigenvalue weighted by Gasteiger charge is 2.15. The Hall–Kier alpha value is -1.21. The number of morpholine rings is 1. The first-order valence-electron chi connectivity index (χ1n) is 4.60. The van der Waals surface area contributed by atoms with Crippen LogP contribution in [-0.2, 0) is 4.74 Å². The van der Waals surface area contributed by atoms with E-state index in [0.29, 0.717) is 32.3 Å². The second-order valence-electron chi connectivity index (χ2n) is 3.22. The molecule has 0 saturated carbocycles. The van der Waals surface area contributed by atoms with Crippen molar-refractivity contribution in [3.63, 3.8) is 0 Å². The first-order valence-corrected chi connectivity index (χ1v) is 5.04. The molecule has 0 spiro atoms. The van der Waals surface area contributed by atoms with Gasteiger partial charge in [0.05, 0.1) is 13.2 Å². The van der Waals surface area contributed by atoms with Crippen LogP contribution in [0.25, 0.3) is 0 Å². The van der Waals surface area contributed by atoms with Crippen LogP contribution < -0.4 is 16.2 Å². The van der Waals surface area contributed by atoms with Crippen molar-refractivity contribution in [2.75, 3.05) is 36.9 Å². The molecule has 1 aromatic heterocycles. The van der Waals surface area contributed by atoms with Gasteiger partial charge in [-0.1, -0.05) is 0 Å². The minimum atomic E-state index is -0.313. The zero-order valence-corrected chi connectivity index (χ0v) is 8.96. The summed E-state index contributed by atoms with van der Waals surface area (Å²) in [4.78, 5) is 20.2. The van der Waals surface area contributed by atoms with E-state index in [0.717, 1.165) is 0 Å². The fraction of sp³-hybridized carbons (Fsp3) is 0.500. The van der Waals surface area contributed by atoms with Gasteiger partial charge >= 0.3 is 0 Å². The third kappa shape index (κ3) is 2.07. The first kappa shape index (κ1) is 10.3. The molecule has 15 heavy (non-hydrogen) atoms. The van der Waals surface area contributed by atoms with E-state index in [1.165, 1.54) is 0 Å². The zero-order chi connectivity index (χ0) is 10.8. The molecule has 7 heteroatoms. The molecule has 2 rings (SSSR count). The van der Waals surface area contributed by atoms with Crippen LogP contribution in [0.3, 0.4) is 0 Å². The maximum atomic E-state index is 11.4. The van der Waals surface area contributed by atoms with Gasteiger partial charge in [-0.2, -0.15) is 4.98 Å². The minimum Gasteiger partial charge on any atom is -0.382 e. The lowest BCUT2D eigenvalue weighted by Gasteiger charge is -2.27. The predicted octanol–water partition coefficient (Wildman–Crippen LogP) is -0.523. The summed E-state index contributed by atoms with van der Waals surface area (Å²) in [5, 5.41) is 0. The summed E-state index contributed by atoms with van der Waals surface area (Å²) in [7, 11) is 0. The Labute approximate surface area is 91.9 Å². The number of nitrogens with zero attached hydrogens (tertiary/aromatic N) is 2. The molecule has 6 nitrogen and oxygen atoms in total. The molecule has 0 radical (unpaired) electrons. The van der Waals surface area contributed by atoms with Crippen LogP contribution in [0, 0.1) is 0 Å². The van der Waals surface area contributed by atoms with Gasteiger partial charge < -0.3 is 15.4 Å². The molecule has 1 aliphatic rings. The zero-order valence-electron chi connectivity index (χ0n) is 8.06. The largest absolute Gasteiger partial charge is 0.382 e. The number of ether oxygens (including phenoxy) is 1. The SMILES string of the molecule is Nc1nc(N2CCOCC2)[nH]c(=O)c1S. The van der Waals surface area contributed by atoms with Crippen molar-refractivity contribution in [1.82, 2.24) is 9.97 Å². The maximum absolute atomic E-state index is 11.4. The number of aromatic nitrogens is 2. The molecule has 1 aromatic rings. The number of rotatable bonds is 1. The fourth-order valence-corrected chi connectivity index (χ4v) is 1.50. The van der Waals surface area contributed by atoms with E-state index in [-0.39, 0.29) is 16.3 Å². The second kappa shape index (κ2) is 4.11. The standard InChI is InChI=1S/C8H12N4O2S/c9-6-5(15)7(13)11-8(10-6)12-1-3-14-4-2-12/h15H,1-4H2,(H3,9,10,11,13). The van der Waals surface area contributed by atoms with E-state index in [9.17, 15) is 4.79 Å². The Morgan fingerprint density at radius 1 is 1.47 bits per heavy atom. The van der Waals surface area contributed by atoms with Crippen molar-refractivity contribution in [2.24, 2.45) is 0 Å². The average Bonchev–Trinajstić information content (AvgIpc) is 2.26. The maximum Gasteiger partial charge on any atom is 0.267 e. The van der Waals surface area contributed by atoms with Crippen LogP contribution >= 0.6 is 12.6 Å². The van der Waals surface area contributed by atoms with Crippen molar-refractivity contribution >= 4 is 24.4 Å². The highest BCUT2D eigenvalue weighted by Crippen LogP contribution is 2.13. The number of H-pyrrole nitrogens is 1. The summed E-state index contributed by atoms with van der Waals surface area (Å²) in [5.41, 5.74) is 5.25. The van der Waals surface area contributed by atoms with Crippen molar-refractivity contribution in [2.45, 2.75) is 4.90 Å². The first-order chi connectivity index (χ1) is 7.18. The van der Waals surface area contributed by atoms with Crippen LogP contribution in [-0.4, -0.2) is 36.3 Å². The molecule has 1 aliphatic heterocycles. The third-order valence-corrected chi connectivity index (χ3v) is 2.65. The Kier molecular flexibility index (Phi) is 2.83. The lowest BCUT2D eigenvalue weighted by atomic mass is 10.4. The summed E-state index contributed by atoms with van der Waals surface area (Å²) >= 11 is 3.95. The van der Waals surface area contributed by atoms with Gasteiger partial charge in [0.2, 0.25) is 5.95 Å². The molecule has 82 valence electrons. The van der Waals surface area contributed by atoms with E-state index in [4.69, 9.17) is 10.5 Å². The van der Waals surface area contributed by atoms with Crippen LogP contribution in [0.15, 0.2) is 9.69 Å². The number of hydrogen-bond donors (Lipinski definition) is 3. The quantitative estimate of drug-likeness (QED) is 0.563. The Balaban J connectivity index is 2.32. The summed E-state index contributed by atoms with van der Waals surface area (Å²) in [6.07, 6.45) is 0. The fourth-order valence-electron chi connectivity index (χ4n) is 1.40. The number of nitrogen functional groups attached to an aromatic ring is 1. The van der Waals surface area contributed by atoms with E-state index in [1.807, 2.05) is 4.90 Å². The molecule has 2 heterocycles.